The maximum absolute atomic E-state index is 2.46. The molecule has 0 spiro atoms. The molecule has 0 N–H and O–H groups in total. The fraction of sp³-hybridized carbons (Fsp3) is 0.0294. The summed E-state index contributed by atoms with van der Waals surface area (Å²) >= 11 is 0. The Hall–Kier alpha value is -9.38. The molecule has 0 aliphatic rings. The highest BCUT2D eigenvalue weighted by atomic mass is 15.0. The molecule has 0 atom stereocenters. The zero-order valence-corrected chi connectivity index (χ0v) is 39.7. The first-order chi connectivity index (χ1) is 35.6. The van der Waals surface area contributed by atoms with Gasteiger partial charge in [0.05, 0.1) is 44.5 Å². The lowest BCUT2D eigenvalue weighted by atomic mass is 9.94. The van der Waals surface area contributed by atoms with Gasteiger partial charge in [0, 0.05) is 79.0 Å². The third-order valence-corrected chi connectivity index (χ3v) is 16.2. The third kappa shape index (κ3) is 5.20. The molecular weight excluding hydrogens is 873 g/mol. The molecule has 16 rings (SSSR count). The SMILES string of the molecule is Cn1c2cc(-c3ccc(-n4c5ccccc5c5ccccc54)c4ccccc34)ccc2c2c3ccccc3c3c4ccc(-c5ccc(-n6c7ccccc7c7ccccc76)c6ccccc56)cc4n(C)c3c21. The van der Waals surface area contributed by atoms with Crippen LogP contribution < -0.4 is 0 Å². The number of hydrogen-bond donors (Lipinski definition) is 0. The number of aryl methyl sites for hydroxylation is 2. The van der Waals surface area contributed by atoms with Crippen molar-refractivity contribution in [3.8, 4) is 33.6 Å². The van der Waals surface area contributed by atoms with E-state index >= 15 is 0 Å². The summed E-state index contributed by atoms with van der Waals surface area (Å²) in [6.07, 6.45) is 0. The van der Waals surface area contributed by atoms with Gasteiger partial charge < -0.3 is 18.3 Å². The lowest BCUT2D eigenvalue weighted by molar-refractivity contribution is 0.987. The van der Waals surface area contributed by atoms with E-state index in [9.17, 15) is 0 Å². The second kappa shape index (κ2) is 14.6. The van der Waals surface area contributed by atoms with Crippen LogP contribution in [0.5, 0.6) is 0 Å². The molecule has 336 valence electrons. The fourth-order valence-corrected chi connectivity index (χ4v) is 13.1. The van der Waals surface area contributed by atoms with Crippen molar-refractivity contribution in [2.75, 3.05) is 0 Å². The van der Waals surface area contributed by atoms with E-state index in [1.165, 1.54) is 153 Å². The van der Waals surface area contributed by atoms with Crippen molar-refractivity contribution >= 4 is 120 Å². The highest BCUT2D eigenvalue weighted by molar-refractivity contribution is 6.36. The van der Waals surface area contributed by atoms with Crippen LogP contribution in [0.25, 0.3) is 153 Å². The molecule has 4 aromatic heterocycles. The van der Waals surface area contributed by atoms with Crippen molar-refractivity contribution in [3.63, 3.8) is 0 Å². The van der Waals surface area contributed by atoms with Crippen LogP contribution in [0.3, 0.4) is 0 Å². The van der Waals surface area contributed by atoms with Crippen LogP contribution in [0.4, 0.5) is 0 Å². The summed E-state index contributed by atoms with van der Waals surface area (Å²) in [4.78, 5) is 0. The van der Waals surface area contributed by atoms with Crippen molar-refractivity contribution in [1.29, 1.82) is 0 Å². The minimum atomic E-state index is 1.19. The summed E-state index contributed by atoms with van der Waals surface area (Å²) in [7, 11) is 4.53. The zero-order chi connectivity index (χ0) is 47.3. The summed E-state index contributed by atoms with van der Waals surface area (Å²) in [5.74, 6) is 0. The number of benzene rings is 12. The van der Waals surface area contributed by atoms with Crippen molar-refractivity contribution in [3.05, 3.63) is 231 Å². The Morgan fingerprint density at radius 3 is 0.903 bits per heavy atom. The van der Waals surface area contributed by atoms with E-state index in [1.807, 2.05) is 0 Å². The number of nitrogens with zero attached hydrogens (tertiary/aromatic N) is 4. The molecule has 72 heavy (non-hydrogen) atoms. The molecule has 0 amide bonds. The summed E-state index contributed by atoms with van der Waals surface area (Å²) in [5, 5.41) is 17.7. The molecule has 12 aromatic carbocycles. The zero-order valence-electron chi connectivity index (χ0n) is 39.7. The molecule has 0 unspecified atom stereocenters. The Morgan fingerprint density at radius 1 is 0.236 bits per heavy atom. The maximum atomic E-state index is 2.46. The molecule has 0 aliphatic heterocycles. The smallest absolute Gasteiger partial charge is 0.0742 e. The van der Waals surface area contributed by atoms with E-state index in [4.69, 9.17) is 0 Å². The second-order valence-corrected chi connectivity index (χ2v) is 19.7. The van der Waals surface area contributed by atoms with E-state index in [1.54, 1.807) is 0 Å². The van der Waals surface area contributed by atoms with Gasteiger partial charge in [-0.2, -0.15) is 0 Å². The fourth-order valence-electron chi connectivity index (χ4n) is 13.1. The standard InChI is InChI=1S/C68H44N4/c1-69-63-39-41(43-35-37-61(47-19-5-3-17-45(43)47)71-57-27-13-9-21-49(57)50-22-10-14-28-58(50)71)31-33-55(63)65-53-25-7-8-26-54(53)66-56-34-32-42(40-64(56)70(2)68(66)67(65)69)44-36-38-62(48-20-6-4-18-46(44)48)72-59-29-15-11-23-51(59)52-24-12-16-30-60(52)72/h3-40H,1-2H3. The van der Waals surface area contributed by atoms with Gasteiger partial charge in [-0.25, -0.2) is 0 Å². The van der Waals surface area contributed by atoms with Crippen molar-refractivity contribution in [2.45, 2.75) is 0 Å². The topological polar surface area (TPSA) is 19.7 Å². The third-order valence-electron chi connectivity index (χ3n) is 16.2. The molecule has 4 heteroatoms. The summed E-state index contributed by atoms with van der Waals surface area (Å²) < 4.78 is 9.80. The predicted octanol–water partition coefficient (Wildman–Crippen LogP) is 18.0. The molecule has 0 saturated heterocycles. The van der Waals surface area contributed by atoms with Gasteiger partial charge in [-0.05, 0) is 92.3 Å². The van der Waals surface area contributed by atoms with Crippen molar-refractivity contribution in [2.24, 2.45) is 14.1 Å². The summed E-state index contributed by atoms with van der Waals surface area (Å²) in [6.45, 7) is 0. The second-order valence-electron chi connectivity index (χ2n) is 19.7. The van der Waals surface area contributed by atoms with Gasteiger partial charge in [-0.15, -0.1) is 0 Å². The number of para-hydroxylation sites is 4. The molecule has 0 radical (unpaired) electrons. The first-order valence-corrected chi connectivity index (χ1v) is 25.0. The summed E-state index contributed by atoms with van der Waals surface area (Å²) in [6, 6.07) is 85.6. The van der Waals surface area contributed by atoms with Gasteiger partial charge in [0.25, 0.3) is 0 Å². The van der Waals surface area contributed by atoms with Crippen LogP contribution >= 0.6 is 0 Å². The van der Waals surface area contributed by atoms with Crippen LogP contribution in [0.2, 0.25) is 0 Å². The van der Waals surface area contributed by atoms with Gasteiger partial charge >= 0.3 is 0 Å². The van der Waals surface area contributed by atoms with Gasteiger partial charge in [0.1, 0.15) is 0 Å². The number of rotatable bonds is 4. The quantitative estimate of drug-likeness (QED) is 0.168. The van der Waals surface area contributed by atoms with Crippen LogP contribution in [-0.2, 0) is 14.1 Å². The first-order valence-electron chi connectivity index (χ1n) is 25.0. The maximum Gasteiger partial charge on any atom is 0.0742 e. The molecule has 0 saturated carbocycles. The molecule has 4 heterocycles. The van der Waals surface area contributed by atoms with Gasteiger partial charge in [0.15, 0.2) is 0 Å². The number of hydrogen-bond acceptors (Lipinski definition) is 0. The highest BCUT2D eigenvalue weighted by Gasteiger charge is 2.24. The molecule has 0 bridgehead atoms. The molecule has 0 aliphatic carbocycles. The average molecular weight is 917 g/mol. The van der Waals surface area contributed by atoms with Crippen molar-refractivity contribution < 1.29 is 0 Å². The van der Waals surface area contributed by atoms with E-state index in [2.05, 4.69) is 263 Å². The highest BCUT2D eigenvalue weighted by Crippen LogP contribution is 2.47. The first kappa shape index (κ1) is 39.5. The Morgan fingerprint density at radius 2 is 0.542 bits per heavy atom. The monoisotopic (exact) mass is 916 g/mol. The van der Waals surface area contributed by atoms with Crippen LogP contribution in [0, 0.1) is 0 Å². The van der Waals surface area contributed by atoms with Gasteiger partial charge in [-0.3, -0.25) is 0 Å². The molecule has 0 fully saturated rings. The van der Waals surface area contributed by atoms with E-state index in [0.29, 0.717) is 0 Å². The minimum absolute atomic E-state index is 1.19. The number of aromatic nitrogens is 4. The molecule has 16 aromatic rings. The largest absolute Gasteiger partial charge is 0.342 e. The average Bonchev–Trinajstić information content (AvgIpc) is 4.14. The van der Waals surface area contributed by atoms with Crippen LogP contribution in [0.15, 0.2) is 231 Å². The predicted molar refractivity (Wildman–Crippen MR) is 306 cm³/mol. The summed E-state index contributed by atoms with van der Waals surface area (Å²) in [5.41, 5.74) is 17.1. The Bertz CT molecular complexity index is 4590. The molecule has 4 nitrogen and oxygen atoms in total. The normalized spacial score (nSPS) is 12.3. The van der Waals surface area contributed by atoms with E-state index < -0.39 is 0 Å². The molecular formula is C68H44N4. The Kier molecular flexibility index (Phi) is 7.99. The Balaban J connectivity index is 0.886. The number of fused-ring (bicyclic) bond motifs is 18. The van der Waals surface area contributed by atoms with E-state index in [0.717, 1.165) is 0 Å². The lowest BCUT2D eigenvalue weighted by Gasteiger charge is -2.15. The minimum Gasteiger partial charge on any atom is -0.342 e. The van der Waals surface area contributed by atoms with Gasteiger partial charge in [0.2, 0.25) is 0 Å². The Labute approximate surface area is 414 Å². The van der Waals surface area contributed by atoms with Gasteiger partial charge in [-0.1, -0.05) is 182 Å². The van der Waals surface area contributed by atoms with Crippen LogP contribution in [-0.4, -0.2) is 18.3 Å². The van der Waals surface area contributed by atoms with E-state index in [-0.39, 0.29) is 0 Å². The lowest BCUT2D eigenvalue weighted by Crippen LogP contribution is -1.96. The van der Waals surface area contributed by atoms with Crippen molar-refractivity contribution in [1.82, 2.24) is 18.3 Å². The van der Waals surface area contributed by atoms with Crippen LogP contribution in [0.1, 0.15) is 0 Å².